The van der Waals surface area contributed by atoms with Crippen LogP contribution in [-0.2, 0) is 4.65 Å². The number of aliphatic hydroxyl groups is 1. The molecule has 0 radical (unpaired) electrons. The van der Waals surface area contributed by atoms with E-state index in [1.165, 1.54) is 0 Å². The molecule has 5 heteroatoms. The lowest BCUT2D eigenvalue weighted by Gasteiger charge is -2.38. The summed E-state index contributed by atoms with van der Waals surface area (Å²) >= 11 is 1.63. The lowest BCUT2D eigenvalue weighted by molar-refractivity contribution is -0.0982. The van der Waals surface area contributed by atoms with E-state index in [-0.39, 0.29) is 0 Å². The van der Waals surface area contributed by atoms with Gasteiger partial charge in [0.25, 0.3) is 0 Å². The Morgan fingerprint density at radius 3 is 2.47 bits per heavy atom. The van der Waals surface area contributed by atoms with Gasteiger partial charge in [-0.1, -0.05) is 12.1 Å². The molecule has 0 spiro atoms. The molecule has 0 aliphatic carbocycles. The van der Waals surface area contributed by atoms with Crippen molar-refractivity contribution in [2.45, 2.75) is 38.9 Å². The van der Waals surface area contributed by atoms with Crippen molar-refractivity contribution in [1.29, 1.82) is 0 Å². The summed E-state index contributed by atoms with van der Waals surface area (Å²) in [5.74, 6) is 0. The van der Waals surface area contributed by atoms with Gasteiger partial charge in [0.1, 0.15) is 0 Å². The van der Waals surface area contributed by atoms with Crippen molar-refractivity contribution < 1.29 is 14.8 Å². The van der Waals surface area contributed by atoms with Crippen LogP contribution in [0.15, 0.2) is 29.6 Å². The zero-order chi connectivity index (χ0) is 14.3. The Hall–Kier alpha value is -0.875. The standard InChI is InChI=1S/C14H19BO3S/c1-13(2,16)14(3,4)18-15(17)11-6-5-7-12-10(11)8-9-19-12/h5-9,16-17H,1-4H3. The van der Waals surface area contributed by atoms with Crippen LogP contribution in [0.3, 0.4) is 0 Å². The second kappa shape index (κ2) is 4.91. The molecule has 0 unspecified atom stereocenters. The van der Waals surface area contributed by atoms with E-state index >= 15 is 0 Å². The van der Waals surface area contributed by atoms with Crippen LogP contribution in [-0.4, -0.2) is 28.5 Å². The predicted octanol–water partition coefficient (Wildman–Crippen LogP) is 2.15. The van der Waals surface area contributed by atoms with E-state index in [1.807, 2.05) is 29.6 Å². The van der Waals surface area contributed by atoms with Gasteiger partial charge in [0.15, 0.2) is 0 Å². The van der Waals surface area contributed by atoms with Gasteiger partial charge in [0.2, 0.25) is 0 Å². The van der Waals surface area contributed by atoms with Crippen LogP contribution >= 0.6 is 11.3 Å². The van der Waals surface area contributed by atoms with Gasteiger partial charge < -0.3 is 14.8 Å². The summed E-state index contributed by atoms with van der Waals surface area (Å²) in [6, 6.07) is 7.73. The number of rotatable bonds is 4. The summed E-state index contributed by atoms with van der Waals surface area (Å²) in [4.78, 5) is 0. The third-order valence-corrected chi connectivity index (χ3v) is 4.56. The van der Waals surface area contributed by atoms with E-state index in [2.05, 4.69) is 0 Å². The zero-order valence-corrected chi connectivity index (χ0v) is 12.5. The Balaban J connectivity index is 2.30. The van der Waals surface area contributed by atoms with Gasteiger partial charge >= 0.3 is 7.12 Å². The summed E-state index contributed by atoms with van der Waals surface area (Å²) in [6.07, 6.45) is 0. The molecule has 1 aromatic carbocycles. The summed E-state index contributed by atoms with van der Waals surface area (Å²) in [7, 11) is -1.06. The molecular weight excluding hydrogens is 259 g/mol. The van der Waals surface area contributed by atoms with Gasteiger partial charge in [0, 0.05) is 4.70 Å². The molecule has 0 aliphatic heterocycles. The van der Waals surface area contributed by atoms with Crippen LogP contribution in [0.5, 0.6) is 0 Å². The molecule has 0 atom stereocenters. The van der Waals surface area contributed by atoms with Crippen molar-refractivity contribution in [3.05, 3.63) is 29.6 Å². The highest BCUT2D eigenvalue weighted by molar-refractivity contribution is 7.17. The maximum Gasteiger partial charge on any atom is 0.492 e. The first-order valence-corrected chi connectivity index (χ1v) is 7.15. The van der Waals surface area contributed by atoms with Crippen LogP contribution in [0.4, 0.5) is 0 Å². The van der Waals surface area contributed by atoms with Gasteiger partial charge in [-0.3, -0.25) is 0 Å². The van der Waals surface area contributed by atoms with E-state index in [1.54, 1.807) is 39.0 Å². The molecule has 1 aromatic heterocycles. The third-order valence-electron chi connectivity index (χ3n) is 3.68. The van der Waals surface area contributed by atoms with E-state index in [0.29, 0.717) is 0 Å². The van der Waals surface area contributed by atoms with E-state index in [0.717, 1.165) is 15.5 Å². The average Bonchev–Trinajstić information content (AvgIpc) is 2.73. The monoisotopic (exact) mass is 278 g/mol. The SMILES string of the molecule is CC(C)(O)C(C)(C)OB(O)c1cccc2sccc12. The van der Waals surface area contributed by atoms with Crippen molar-refractivity contribution >= 4 is 34.0 Å². The molecule has 2 N–H and O–H groups in total. The predicted molar refractivity (Wildman–Crippen MR) is 80.9 cm³/mol. The molecule has 2 aromatic rings. The highest BCUT2D eigenvalue weighted by Gasteiger charge is 2.39. The molecule has 1 heterocycles. The molecule has 102 valence electrons. The molecule has 19 heavy (non-hydrogen) atoms. The highest BCUT2D eigenvalue weighted by Crippen LogP contribution is 2.26. The molecular formula is C14H19BO3S. The van der Waals surface area contributed by atoms with Gasteiger partial charge in [-0.2, -0.15) is 0 Å². The normalized spacial score (nSPS) is 12.9. The number of thiophene rings is 1. The molecule has 0 amide bonds. The molecule has 0 bridgehead atoms. The number of benzene rings is 1. The maximum atomic E-state index is 10.3. The second-order valence-corrected chi connectivity index (χ2v) is 6.67. The van der Waals surface area contributed by atoms with Crippen LogP contribution < -0.4 is 5.46 Å². The van der Waals surface area contributed by atoms with Crippen molar-refractivity contribution in [3.63, 3.8) is 0 Å². The van der Waals surface area contributed by atoms with Crippen molar-refractivity contribution in [2.75, 3.05) is 0 Å². The Labute approximate surface area is 118 Å². The fraction of sp³-hybridized carbons (Fsp3) is 0.429. The molecule has 0 fully saturated rings. The van der Waals surface area contributed by atoms with Crippen LogP contribution in [0, 0.1) is 0 Å². The topological polar surface area (TPSA) is 49.7 Å². The van der Waals surface area contributed by atoms with Crippen LogP contribution in [0.2, 0.25) is 0 Å². The Bertz CT molecular complexity index is 571. The number of fused-ring (bicyclic) bond motifs is 1. The first-order valence-electron chi connectivity index (χ1n) is 6.27. The molecule has 0 saturated carbocycles. The minimum absolute atomic E-state index is 0.732. The molecule has 0 aliphatic rings. The van der Waals surface area contributed by atoms with Gasteiger partial charge in [-0.05, 0) is 56.1 Å². The molecule has 3 nitrogen and oxygen atoms in total. The summed E-state index contributed by atoms with van der Waals surface area (Å²) in [6.45, 7) is 6.88. The fourth-order valence-electron chi connectivity index (χ4n) is 1.72. The van der Waals surface area contributed by atoms with Gasteiger partial charge in [-0.25, -0.2) is 0 Å². The molecule has 0 saturated heterocycles. The minimum atomic E-state index is -1.06. The van der Waals surface area contributed by atoms with Crippen molar-refractivity contribution in [1.82, 2.24) is 0 Å². The Morgan fingerprint density at radius 1 is 1.16 bits per heavy atom. The van der Waals surface area contributed by atoms with Crippen LogP contribution in [0.1, 0.15) is 27.7 Å². The summed E-state index contributed by atoms with van der Waals surface area (Å²) in [5.41, 5.74) is -1.17. The summed E-state index contributed by atoms with van der Waals surface area (Å²) in [5, 5.41) is 23.4. The fourth-order valence-corrected chi connectivity index (χ4v) is 2.54. The number of hydrogen-bond acceptors (Lipinski definition) is 4. The summed E-state index contributed by atoms with van der Waals surface area (Å²) < 4.78 is 6.79. The van der Waals surface area contributed by atoms with Gasteiger partial charge in [0.05, 0.1) is 11.2 Å². The van der Waals surface area contributed by atoms with Crippen molar-refractivity contribution in [2.24, 2.45) is 0 Å². The Morgan fingerprint density at radius 2 is 1.84 bits per heavy atom. The highest BCUT2D eigenvalue weighted by atomic mass is 32.1. The lowest BCUT2D eigenvalue weighted by atomic mass is 9.75. The second-order valence-electron chi connectivity index (χ2n) is 5.72. The van der Waals surface area contributed by atoms with Crippen molar-refractivity contribution in [3.8, 4) is 0 Å². The first-order chi connectivity index (χ1) is 8.72. The molecule has 2 rings (SSSR count). The number of hydrogen-bond donors (Lipinski definition) is 2. The quantitative estimate of drug-likeness (QED) is 0.843. The lowest BCUT2D eigenvalue weighted by Crippen LogP contribution is -2.53. The average molecular weight is 278 g/mol. The zero-order valence-electron chi connectivity index (χ0n) is 11.7. The Kier molecular flexibility index (Phi) is 3.75. The van der Waals surface area contributed by atoms with E-state index in [9.17, 15) is 10.1 Å². The van der Waals surface area contributed by atoms with Crippen LogP contribution in [0.25, 0.3) is 10.1 Å². The third kappa shape index (κ3) is 2.84. The minimum Gasteiger partial charge on any atom is -0.423 e. The van der Waals surface area contributed by atoms with Gasteiger partial charge in [-0.15, -0.1) is 11.3 Å². The van der Waals surface area contributed by atoms with E-state index < -0.39 is 18.3 Å². The maximum absolute atomic E-state index is 10.3. The first kappa shape index (κ1) is 14.5. The largest absolute Gasteiger partial charge is 0.492 e. The van der Waals surface area contributed by atoms with E-state index in [4.69, 9.17) is 4.65 Å². The smallest absolute Gasteiger partial charge is 0.423 e.